The number of fused-ring (bicyclic) bond motifs is 3. The van der Waals surface area contributed by atoms with Gasteiger partial charge in [0.05, 0.1) is 12.0 Å². The van der Waals surface area contributed by atoms with Crippen molar-refractivity contribution in [3.05, 3.63) is 54.0 Å². The molecule has 0 spiro atoms. The van der Waals surface area contributed by atoms with Gasteiger partial charge < -0.3 is 9.84 Å². The Bertz CT molecular complexity index is 867. The normalized spacial score (nSPS) is 10.3. The molecule has 0 aliphatic carbocycles. The third-order valence-electron chi connectivity index (χ3n) is 3.31. The van der Waals surface area contributed by atoms with Crippen molar-refractivity contribution in [3.63, 3.8) is 0 Å². The summed E-state index contributed by atoms with van der Waals surface area (Å²) >= 11 is 4.64. The quantitative estimate of drug-likeness (QED) is 0.337. The van der Waals surface area contributed by atoms with Crippen LogP contribution in [0.3, 0.4) is 0 Å². The molecule has 2 heterocycles. The Labute approximate surface area is 137 Å². The van der Waals surface area contributed by atoms with E-state index in [4.69, 9.17) is 4.74 Å². The molecule has 0 aliphatic rings. The minimum Gasteiger partial charge on any atom is -0.506 e. The maximum absolute atomic E-state index is 13.5. The zero-order valence-electron chi connectivity index (χ0n) is 12.7. The average Bonchev–Trinajstić information content (AvgIpc) is 2.57. The zero-order chi connectivity index (χ0) is 17.0. The molecule has 0 saturated heterocycles. The average molecular weight is 337 g/mol. The molecule has 1 N–H and O–H groups in total. The molecule has 0 fully saturated rings. The predicted molar refractivity (Wildman–Crippen MR) is 86.5 cm³/mol. The predicted octanol–water partition coefficient (Wildman–Crippen LogP) is 3.45. The van der Waals surface area contributed by atoms with Crippen LogP contribution in [-0.4, -0.2) is 24.1 Å². The SMILES string of the molecule is CCOC(=O)c1c(O)c2ccc(F)cc2[n+]2ccccc12.CCl. The van der Waals surface area contributed by atoms with Gasteiger partial charge >= 0.3 is 5.97 Å². The molecule has 6 heteroatoms. The standard InChI is InChI=1S/C16H12FNO3.CH3Cl/c1-2-21-16(20)14-12-5-3-4-8-18(12)13-9-10(17)6-7-11(13)15(14)19;1-2/h3-9H,2H2,1H3;1H3/p+1. The number of carbonyl (C=O) groups is 1. The minimum absolute atomic E-state index is 0.0801. The van der Waals surface area contributed by atoms with Gasteiger partial charge in [0.1, 0.15) is 5.82 Å². The summed E-state index contributed by atoms with van der Waals surface area (Å²) in [7, 11) is 0. The molecule has 0 unspecified atom stereocenters. The third kappa shape index (κ3) is 3.05. The molecular weight excluding hydrogens is 321 g/mol. The van der Waals surface area contributed by atoms with Crippen molar-refractivity contribution in [2.45, 2.75) is 6.92 Å². The Hall–Kier alpha value is -2.40. The minimum atomic E-state index is -0.607. The van der Waals surface area contributed by atoms with Crippen LogP contribution in [0.4, 0.5) is 4.39 Å². The Balaban J connectivity index is 0.000000924. The number of ether oxygens (including phenoxy) is 1. The fourth-order valence-electron chi connectivity index (χ4n) is 2.42. The molecule has 0 saturated carbocycles. The summed E-state index contributed by atoms with van der Waals surface area (Å²) in [4.78, 5) is 12.1. The number of halogens is 2. The highest BCUT2D eigenvalue weighted by molar-refractivity contribution is 6.15. The third-order valence-corrected chi connectivity index (χ3v) is 3.31. The second-order valence-corrected chi connectivity index (χ2v) is 4.56. The van der Waals surface area contributed by atoms with Crippen molar-refractivity contribution < 1.29 is 23.4 Å². The molecule has 0 aliphatic heterocycles. The lowest BCUT2D eigenvalue weighted by molar-refractivity contribution is -0.481. The molecule has 3 aromatic rings. The second-order valence-electron chi connectivity index (χ2n) is 4.56. The van der Waals surface area contributed by atoms with Crippen molar-refractivity contribution in [2.24, 2.45) is 0 Å². The second kappa shape index (κ2) is 7.24. The molecule has 2 aromatic heterocycles. The number of alkyl halides is 1. The summed E-state index contributed by atoms with van der Waals surface area (Å²) in [6.45, 7) is 1.90. The highest BCUT2D eigenvalue weighted by Gasteiger charge is 2.26. The van der Waals surface area contributed by atoms with Crippen LogP contribution in [0.15, 0.2) is 42.6 Å². The summed E-state index contributed by atoms with van der Waals surface area (Å²) in [5.41, 5.74) is 1.03. The molecule has 0 radical (unpaired) electrons. The highest BCUT2D eigenvalue weighted by atomic mass is 35.5. The smallest absolute Gasteiger partial charge is 0.348 e. The number of rotatable bonds is 2. The number of carbonyl (C=O) groups excluding carboxylic acids is 1. The fraction of sp³-hybridized carbons (Fsp3) is 0.176. The first-order valence-corrected chi connectivity index (χ1v) is 7.68. The maximum Gasteiger partial charge on any atom is 0.348 e. The summed E-state index contributed by atoms with van der Waals surface area (Å²) in [6, 6.07) is 9.19. The van der Waals surface area contributed by atoms with Crippen LogP contribution < -0.4 is 4.40 Å². The van der Waals surface area contributed by atoms with Gasteiger partial charge in [0.15, 0.2) is 17.5 Å². The van der Waals surface area contributed by atoms with E-state index in [1.54, 1.807) is 35.7 Å². The molecule has 120 valence electrons. The molecule has 0 amide bonds. The lowest BCUT2D eigenvalue weighted by Gasteiger charge is -2.07. The van der Waals surface area contributed by atoms with E-state index in [1.165, 1.54) is 24.6 Å². The van der Waals surface area contributed by atoms with E-state index in [0.29, 0.717) is 16.4 Å². The molecule has 3 rings (SSSR count). The lowest BCUT2D eigenvalue weighted by Crippen LogP contribution is -2.25. The van der Waals surface area contributed by atoms with Crippen molar-refractivity contribution in [1.82, 2.24) is 0 Å². The topological polar surface area (TPSA) is 50.6 Å². The molecule has 1 aromatic carbocycles. The fourth-order valence-corrected chi connectivity index (χ4v) is 2.42. The van der Waals surface area contributed by atoms with Crippen molar-refractivity contribution in [2.75, 3.05) is 13.0 Å². The van der Waals surface area contributed by atoms with E-state index in [1.807, 2.05) is 0 Å². The van der Waals surface area contributed by atoms with Gasteiger partial charge in [0.2, 0.25) is 11.0 Å². The number of esters is 1. The maximum atomic E-state index is 13.5. The van der Waals surface area contributed by atoms with Gasteiger partial charge in [-0.1, -0.05) is 0 Å². The van der Waals surface area contributed by atoms with Gasteiger partial charge in [-0.2, -0.15) is 4.40 Å². The number of pyridine rings is 2. The summed E-state index contributed by atoms with van der Waals surface area (Å²) in [5, 5.41) is 10.8. The number of hydrogen-bond donors (Lipinski definition) is 1. The number of hydrogen-bond acceptors (Lipinski definition) is 3. The number of benzene rings is 1. The summed E-state index contributed by atoms with van der Waals surface area (Å²) in [5.74, 6) is -1.22. The van der Waals surface area contributed by atoms with Crippen LogP contribution in [0.1, 0.15) is 17.3 Å². The van der Waals surface area contributed by atoms with Gasteiger partial charge in [-0.25, -0.2) is 9.18 Å². The monoisotopic (exact) mass is 336 g/mol. The van der Waals surface area contributed by atoms with Crippen LogP contribution in [-0.2, 0) is 4.74 Å². The highest BCUT2D eigenvalue weighted by Crippen LogP contribution is 2.30. The van der Waals surface area contributed by atoms with Gasteiger partial charge in [0, 0.05) is 24.6 Å². The Morgan fingerprint density at radius 3 is 2.70 bits per heavy atom. The summed E-state index contributed by atoms with van der Waals surface area (Å²) in [6.07, 6.45) is 3.18. The molecule has 23 heavy (non-hydrogen) atoms. The van der Waals surface area contributed by atoms with E-state index < -0.39 is 11.8 Å². The lowest BCUT2D eigenvalue weighted by atomic mass is 10.1. The number of aromatic hydroxyl groups is 1. The first kappa shape index (κ1) is 17.0. The van der Waals surface area contributed by atoms with E-state index in [9.17, 15) is 14.3 Å². The Kier molecular flexibility index (Phi) is 5.34. The number of aromatic nitrogens is 1. The van der Waals surface area contributed by atoms with E-state index in [-0.39, 0.29) is 17.9 Å². The van der Waals surface area contributed by atoms with Crippen LogP contribution in [0.25, 0.3) is 16.4 Å². The van der Waals surface area contributed by atoms with Crippen molar-refractivity contribution in [3.8, 4) is 5.75 Å². The van der Waals surface area contributed by atoms with E-state index in [2.05, 4.69) is 11.6 Å². The van der Waals surface area contributed by atoms with Crippen molar-refractivity contribution in [1.29, 1.82) is 0 Å². The van der Waals surface area contributed by atoms with Gasteiger partial charge in [0.25, 0.3) is 0 Å². The van der Waals surface area contributed by atoms with Crippen LogP contribution in [0.5, 0.6) is 5.75 Å². The molecule has 0 bridgehead atoms. The van der Waals surface area contributed by atoms with Crippen LogP contribution >= 0.6 is 11.6 Å². The molecule has 4 nitrogen and oxygen atoms in total. The van der Waals surface area contributed by atoms with Crippen molar-refractivity contribution >= 4 is 34.0 Å². The van der Waals surface area contributed by atoms with Crippen LogP contribution in [0, 0.1) is 5.82 Å². The summed E-state index contributed by atoms with van der Waals surface area (Å²) < 4.78 is 20.1. The number of nitrogens with zero attached hydrogens (tertiary/aromatic N) is 1. The Morgan fingerprint density at radius 2 is 2.00 bits per heavy atom. The van der Waals surface area contributed by atoms with E-state index >= 15 is 0 Å². The largest absolute Gasteiger partial charge is 0.506 e. The first-order valence-electron chi connectivity index (χ1n) is 6.93. The van der Waals surface area contributed by atoms with Gasteiger partial charge in [-0.15, -0.1) is 11.6 Å². The van der Waals surface area contributed by atoms with Gasteiger partial charge in [-0.3, -0.25) is 0 Å². The Morgan fingerprint density at radius 1 is 1.26 bits per heavy atom. The molecular formula is C17H16ClFNO3+. The van der Waals surface area contributed by atoms with E-state index in [0.717, 1.165) is 0 Å². The van der Waals surface area contributed by atoms with Gasteiger partial charge in [-0.05, 0) is 25.1 Å². The van der Waals surface area contributed by atoms with Crippen LogP contribution in [0.2, 0.25) is 0 Å². The zero-order valence-corrected chi connectivity index (χ0v) is 13.5. The first-order chi connectivity index (χ1) is 11.1. The molecule has 0 atom stereocenters.